The molecule has 1 fully saturated rings. The Bertz CT molecular complexity index is 245. The summed E-state index contributed by atoms with van der Waals surface area (Å²) < 4.78 is 0.212. The highest BCUT2D eigenvalue weighted by molar-refractivity contribution is 8.02. The van der Waals surface area contributed by atoms with Crippen molar-refractivity contribution in [3.05, 3.63) is 11.6 Å². The molecule has 13 heavy (non-hydrogen) atoms. The van der Waals surface area contributed by atoms with Crippen molar-refractivity contribution in [3.8, 4) is 0 Å². The van der Waals surface area contributed by atoms with Crippen molar-refractivity contribution < 1.29 is 4.79 Å². The molecule has 74 valence electrons. The molecule has 1 rings (SSSR count). The van der Waals surface area contributed by atoms with E-state index >= 15 is 0 Å². The fraction of sp³-hybridized carbons (Fsp3) is 0.700. The first-order valence-corrected chi connectivity index (χ1v) is 5.53. The fourth-order valence-corrected chi connectivity index (χ4v) is 2.26. The van der Waals surface area contributed by atoms with Crippen molar-refractivity contribution in [1.82, 2.24) is 5.32 Å². The van der Waals surface area contributed by atoms with E-state index in [0.717, 1.165) is 11.3 Å². The SMILES string of the molecule is CC=C(C)C(=O)NC1CSC1(C)C. The first-order valence-electron chi connectivity index (χ1n) is 4.55. The number of nitrogens with one attached hydrogen (secondary N) is 1. The summed E-state index contributed by atoms with van der Waals surface area (Å²) in [6.07, 6.45) is 1.84. The van der Waals surface area contributed by atoms with Crippen molar-refractivity contribution in [1.29, 1.82) is 0 Å². The summed E-state index contributed by atoms with van der Waals surface area (Å²) in [6, 6.07) is 0.333. The van der Waals surface area contributed by atoms with Crippen LogP contribution in [0.2, 0.25) is 0 Å². The molecule has 2 nitrogen and oxygen atoms in total. The molecule has 1 heterocycles. The number of carbonyl (C=O) groups excluding carboxylic acids is 1. The number of thioether (sulfide) groups is 1. The van der Waals surface area contributed by atoms with E-state index in [4.69, 9.17) is 0 Å². The average molecular weight is 199 g/mol. The van der Waals surface area contributed by atoms with E-state index in [9.17, 15) is 4.79 Å². The molecule has 0 aromatic rings. The van der Waals surface area contributed by atoms with Gasteiger partial charge in [0.25, 0.3) is 0 Å². The molecule has 0 aromatic carbocycles. The van der Waals surface area contributed by atoms with E-state index in [0.29, 0.717) is 6.04 Å². The largest absolute Gasteiger partial charge is 0.347 e. The van der Waals surface area contributed by atoms with Crippen LogP contribution in [0.4, 0.5) is 0 Å². The number of hydrogen-bond donors (Lipinski definition) is 1. The molecule has 0 radical (unpaired) electrons. The zero-order chi connectivity index (χ0) is 10.1. The van der Waals surface area contributed by atoms with Gasteiger partial charge in [-0.1, -0.05) is 6.08 Å². The van der Waals surface area contributed by atoms with Crippen molar-refractivity contribution in [2.45, 2.75) is 38.5 Å². The smallest absolute Gasteiger partial charge is 0.246 e. The van der Waals surface area contributed by atoms with Gasteiger partial charge in [0, 0.05) is 16.1 Å². The van der Waals surface area contributed by atoms with E-state index in [1.165, 1.54) is 0 Å². The van der Waals surface area contributed by atoms with Crippen LogP contribution in [0.15, 0.2) is 11.6 Å². The minimum Gasteiger partial charge on any atom is -0.347 e. The second-order valence-corrected chi connectivity index (χ2v) is 5.59. The maximum atomic E-state index is 11.5. The minimum absolute atomic E-state index is 0.0703. The Morgan fingerprint density at radius 1 is 1.62 bits per heavy atom. The average Bonchev–Trinajstić information content (AvgIpc) is 2.10. The number of allylic oxidation sites excluding steroid dienone is 1. The van der Waals surface area contributed by atoms with E-state index in [2.05, 4.69) is 19.2 Å². The molecule has 1 aliphatic heterocycles. The summed E-state index contributed by atoms with van der Waals surface area (Å²) in [4.78, 5) is 11.5. The molecule has 0 bridgehead atoms. The summed E-state index contributed by atoms with van der Waals surface area (Å²) in [5, 5.41) is 3.03. The summed E-state index contributed by atoms with van der Waals surface area (Å²) in [7, 11) is 0. The zero-order valence-corrected chi connectivity index (χ0v) is 9.49. The third-order valence-electron chi connectivity index (χ3n) is 2.56. The molecule has 0 aromatic heterocycles. The van der Waals surface area contributed by atoms with E-state index in [-0.39, 0.29) is 10.7 Å². The van der Waals surface area contributed by atoms with Gasteiger partial charge >= 0.3 is 0 Å². The van der Waals surface area contributed by atoms with Crippen LogP contribution < -0.4 is 5.32 Å². The molecule has 1 amide bonds. The maximum absolute atomic E-state index is 11.5. The summed E-state index contributed by atoms with van der Waals surface area (Å²) in [5.41, 5.74) is 0.799. The third kappa shape index (κ3) is 2.27. The number of carbonyl (C=O) groups is 1. The second kappa shape index (κ2) is 3.74. The summed E-state index contributed by atoms with van der Waals surface area (Å²) in [6.45, 7) is 8.05. The highest BCUT2D eigenvalue weighted by Crippen LogP contribution is 2.39. The molecular formula is C10H17NOS. The van der Waals surface area contributed by atoms with Gasteiger partial charge in [0.15, 0.2) is 0 Å². The van der Waals surface area contributed by atoms with Crippen LogP contribution in [0.1, 0.15) is 27.7 Å². The van der Waals surface area contributed by atoms with Gasteiger partial charge in [0.05, 0.1) is 6.04 Å². The normalized spacial score (nSPS) is 26.5. The van der Waals surface area contributed by atoms with Crippen molar-refractivity contribution in [2.24, 2.45) is 0 Å². The van der Waals surface area contributed by atoms with Gasteiger partial charge in [0.1, 0.15) is 0 Å². The first kappa shape index (κ1) is 10.6. The molecule has 1 unspecified atom stereocenters. The van der Waals surface area contributed by atoms with Crippen molar-refractivity contribution >= 4 is 17.7 Å². The monoisotopic (exact) mass is 199 g/mol. The van der Waals surface area contributed by atoms with Gasteiger partial charge in [-0.25, -0.2) is 0 Å². The molecule has 3 heteroatoms. The Labute approximate surface area is 84.2 Å². The van der Waals surface area contributed by atoms with Crippen LogP contribution >= 0.6 is 11.8 Å². The summed E-state index contributed by atoms with van der Waals surface area (Å²) in [5.74, 6) is 1.11. The van der Waals surface area contributed by atoms with Crippen LogP contribution in [0.5, 0.6) is 0 Å². The lowest BCUT2D eigenvalue weighted by Crippen LogP contribution is -2.56. The second-order valence-electron chi connectivity index (χ2n) is 3.91. The third-order valence-corrected chi connectivity index (χ3v) is 4.09. The molecule has 0 aliphatic carbocycles. The van der Waals surface area contributed by atoms with Gasteiger partial charge in [-0.05, 0) is 27.7 Å². The van der Waals surface area contributed by atoms with Gasteiger partial charge in [0.2, 0.25) is 5.91 Å². The molecule has 1 atom stereocenters. The van der Waals surface area contributed by atoms with Crippen molar-refractivity contribution in [2.75, 3.05) is 5.75 Å². The molecule has 1 N–H and O–H groups in total. The first-order chi connectivity index (χ1) is 5.97. The minimum atomic E-state index is 0.0703. The predicted octanol–water partition coefficient (Wildman–Crippen LogP) is 1.96. The van der Waals surface area contributed by atoms with Gasteiger partial charge < -0.3 is 5.32 Å². The molecule has 1 aliphatic rings. The fourth-order valence-electron chi connectivity index (χ4n) is 1.12. The standard InChI is InChI=1S/C10H17NOS/c1-5-7(2)9(12)11-8-6-13-10(8,3)4/h5,8H,6H2,1-4H3,(H,11,12). The Morgan fingerprint density at radius 2 is 2.23 bits per heavy atom. The Hall–Kier alpha value is -0.440. The molecule has 1 saturated heterocycles. The van der Waals surface area contributed by atoms with Gasteiger partial charge in [-0.3, -0.25) is 4.79 Å². The molecule has 0 saturated carbocycles. The Morgan fingerprint density at radius 3 is 2.54 bits per heavy atom. The highest BCUT2D eigenvalue weighted by atomic mass is 32.2. The predicted molar refractivity (Wildman–Crippen MR) is 57.9 cm³/mol. The zero-order valence-electron chi connectivity index (χ0n) is 8.68. The molecular weight excluding hydrogens is 182 g/mol. The Kier molecular flexibility index (Phi) is 3.06. The topological polar surface area (TPSA) is 29.1 Å². The number of hydrogen-bond acceptors (Lipinski definition) is 2. The summed E-state index contributed by atoms with van der Waals surface area (Å²) >= 11 is 1.90. The maximum Gasteiger partial charge on any atom is 0.246 e. The van der Waals surface area contributed by atoms with Gasteiger partial charge in [-0.15, -0.1) is 0 Å². The Balaban J connectivity index is 2.47. The van der Waals surface area contributed by atoms with E-state index in [1.807, 2.05) is 31.7 Å². The van der Waals surface area contributed by atoms with Crippen LogP contribution in [0, 0.1) is 0 Å². The van der Waals surface area contributed by atoms with Crippen LogP contribution in [0.25, 0.3) is 0 Å². The molecule has 0 spiro atoms. The van der Waals surface area contributed by atoms with E-state index in [1.54, 1.807) is 0 Å². The van der Waals surface area contributed by atoms with Gasteiger partial charge in [-0.2, -0.15) is 11.8 Å². The lowest BCUT2D eigenvalue weighted by Gasteiger charge is -2.43. The van der Waals surface area contributed by atoms with Crippen molar-refractivity contribution in [3.63, 3.8) is 0 Å². The van der Waals surface area contributed by atoms with Crippen LogP contribution in [-0.4, -0.2) is 22.4 Å². The quantitative estimate of drug-likeness (QED) is 0.689. The number of amides is 1. The lowest BCUT2D eigenvalue weighted by atomic mass is 10.0. The lowest BCUT2D eigenvalue weighted by molar-refractivity contribution is -0.118. The van der Waals surface area contributed by atoms with Crippen LogP contribution in [0.3, 0.4) is 0 Å². The number of rotatable bonds is 2. The van der Waals surface area contributed by atoms with E-state index < -0.39 is 0 Å². The van der Waals surface area contributed by atoms with Crippen LogP contribution in [-0.2, 0) is 4.79 Å². The highest BCUT2D eigenvalue weighted by Gasteiger charge is 2.40.